The second kappa shape index (κ2) is 5.82. The molecule has 1 fully saturated rings. The fourth-order valence-electron chi connectivity index (χ4n) is 2.31. The van der Waals surface area contributed by atoms with Crippen molar-refractivity contribution in [1.29, 1.82) is 0 Å². The number of anilines is 2. The van der Waals surface area contributed by atoms with E-state index < -0.39 is 17.9 Å². The summed E-state index contributed by atoms with van der Waals surface area (Å²) in [6.07, 6.45) is 0.0882. The van der Waals surface area contributed by atoms with E-state index in [-0.39, 0.29) is 24.6 Å². The molecular weight excluding hydrogens is 276 g/mol. The Bertz CT molecular complexity index is 599. The van der Waals surface area contributed by atoms with E-state index in [1.807, 2.05) is 0 Å². The molecule has 0 bridgehead atoms. The molecule has 1 aliphatic heterocycles. The molecule has 0 aliphatic carbocycles. The molecule has 21 heavy (non-hydrogen) atoms. The van der Waals surface area contributed by atoms with Gasteiger partial charge in [0.2, 0.25) is 5.91 Å². The van der Waals surface area contributed by atoms with Gasteiger partial charge in [0, 0.05) is 13.0 Å². The molecule has 1 aliphatic rings. The summed E-state index contributed by atoms with van der Waals surface area (Å²) in [7, 11) is 2.56. The molecule has 1 saturated heterocycles. The van der Waals surface area contributed by atoms with Gasteiger partial charge < -0.3 is 20.1 Å². The number of esters is 2. The third-order valence-corrected chi connectivity index (χ3v) is 3.40. The highest BCUT2D eigenvalue weighted by molar-refractivity contribution is 6.02. The molecule has 7 heteroatoms. The van der Waals surface area contributed by atoms with Gasteiger partial charge in [-0.15, -0.1) is 0 Å². The average Bonchev–Trinajstić information content (AvgIpc) is 2.87. The van der Waals surface area contributed by atoms with Crippen LogP contribution in [0.1, 0.15) is 16.8 Å². The molecule has 0 spiro atoms. The summed E-state index contributed by atoms with van der Waals surface area (Å²) in [5, 5.41) is 0. The van der Waals surface area contributed by atoms with Gasteiger partial charge in [0.25, 0.3) is 0 Å². The standard InChI is InChI=1S/C14H16N2O5/c1-20-13(18)8-3-4-11(10(15)5-8)16-7-9(6-12(16)17)14(19)21-2/h3-5,9H,6-7,15H2,1-2H3. The number of hydrogen-bond donors (Lipinski definition) is 1. The maximum atomic E-state index is 12.0. The lowest BCUT2D eigenvalue weighted by molar-refractivity contribution is -0.145. The van der Waals surface area contributed by atoms with Gasteiger partial charge in [-0.1, -0.05) is 0 Å². The van der Waals surface area contributed by atoms with E-state index in [1.54, 1.807) is 6.07 Å². The number of nitrogens with zero attached hydrogens (tertiary/aromatic N) is 1. The zero-order valence-electron chi connectivity index (χ0n) is 11.8. The van der Waals surface area contributed by atoms with Crippen LogP contribution in [0, 0.1) is 5.92 Å². The van der Waals surface area contributed by atoms with Crippen molar-refractivity contribution in [2.45, 2.75) is 6.42 Å². The first-order chi connectivity index (χ1) is 9.97. The van der Waals surface area contributed by atoms with Crippen LogP contribution < -0.4 is 10.6 Å². The topological polar surface area (TPSA) is 98.9 Å². The fourth-order valence-corrected chi connectivity index (χ4v) is 2.31. The second-order valence-corrected chi connectivity index (χ2v) is 4.69. The number of nitrogen functional groups attached to an aromatic ring is 1. The minimum absolute atomic E-state index is 0.0882. The summed E-state index contributed by atoms with van der Waals surface area (Å²) < 4.78 is 9.26. The smallest absolute Gasteiger partial charge is 0.337 e. The Hall–Kier alpha value is -2.57. The molecule has 7 nitrogen and oxygen atoms in total. The number of rotatable bonds is 3. The predicted molar refractivity (Wildman–Crippen MR) is 74.7 cm³/mol. The summed E-state index contributed by atoms with van der Waals surface area (Å²) in [5.41, 5.74) is 6.94. The largest absolute Gasteiger partial charge is 0.469 e. The second-order valence-electron chi connectivity index (χ2n) is 4.69. The number of carbonyl (C=O) groups is 3. The Morgan fingerprint density at radius 2 is 2.00 bits per heavy atom. The zero-order valence-corrected chi connectivity index (χ0v) is 11.8. The van der Waals surface area contributed by atoms with Crippen LogP contribution >= 0.6 is 0 Å². The Balaban J connectivity index is 2.25. The van der Waals surface area contributed by atoms with E-state index in [1.165, 1.54) is 31.3 Å². The van der Waals surface area contributed by atoms with Crippen LogP contribution in [0.25, 0.3) is 0 Å². The number of hydrogen-bond acceptors (Lipinski definition) is 6. The third kappa shape index (κ3) is 2.81. The van der Waals surface area contributed by atoms with Gasteiger partial charge in [0.15, 0.2) is 0 Å². The van der Waals surface area contributed by atoms with Crippen molar-refractivity contribution in [3.05, 3.63) is 23.8 Å². The summed E-state index contributed by atoms with van der Waals surface area (Å²) in [5.74, 6) is -1.63. The van der Waals surface area contributed by atoms with Crippen molar-refractivity contribution < 1.29 is 23.9 Å². The van der Waals surface area contributed by atoms with Crippen molar-refractivity contribution in [3.63, 3.8) is 0 Å². The van der Waals surface area contributed by atoms with Crippen LogP contribution in [0.4, 0.5) is 11.4 Å². The van der Waals surface area contributed by atoms with E-state index in [0.717, 1.165) is 0 Å². The summed E-state index contributed by atoms with van der Waals surface area (Å²) in [6, 6.07) is 4.54. The first-order valence-electron chi connectivity index (χ1n) is 6.34. The summed E-state index contributed by atoms with van der Waals surface area (Å²) in [4.78, 5) is 36.4. The minimum Gasteiger partial charge on any atom is -0.469 e. The Morgan fingerprint density at radius 3 is 2.57 bits per heavy atom. The van der Waals surface area contributed by atoms with Gasteiger partial charge in [-0.3, -0.25) is 9.59 Å². The molecule has 1 heterocycles. The molecule has 1 aromatic carbocycles. The average molecular weight is 292 g/mol. The van der Waals surface area contributed by atoms with Gasteiger partial charge >= 0.3 is 11.9 Å². The van der Waals surface area contributed by atoms with Crippen molar-refractivity contribution in [2.75, 3.05) is 31.4 Å². The highest BCUT2D eigenvalue weighted by Crippen LogP contribution is 2.31. The highest BCUT2D eigenvalue weighted by atomic mass is 16.5. The van der Waals surface area contributed by atoms with Crippen molar-refractivity contribution >= 4 is 29.2 Å². The van der Waals surface area contributed by atoms with Crippen molar-refractivity contribution in [3.8, 4) is 0 Å². The molecule has 1 unspecified atom stereocenters. The van der Waals surface area contributed by atoms with E-state index in [9.17, 15) is 14.4 Å². The lowest BCUT2D eigenvalue weighted by Gasteiger charge is -2.19. The number of benzene rings is 1. The lowest BCUT2D eigenvalue weighted by atomic mass is 10.1. The van der Waals surface area contributed by atoms with E-state index in [4.69, 9.17) is 5.73 Å². The fraction of sp³-hybridized carbons (Fsp3) is 0.357. The SMILES string of the molecule is COC(=O)c1ccc(N2CC(C(=O)OC)CC2=O)c(N)c1. The normalized spacial score (nSPS) is 17.7. The quantitative estimate of drug-likeness (QED) is 0.646. The molecule has 0 aromatic heterocycles. The van der Waals surface area contributed by atoms with Crippen LogP contribution in [-0.2, 0) is 19.1 Å². The molecule has 2 N–H and O–H groups in total. The number of methoxy groups -OCH3 is 2. The molecule has 0 saturated carbocycles. The Kier molecular flexibility index (Phi) is 4.11. The maximum Gasteiger partial charge on any atom is 0.337 e. The van der Waals surface area contributed by atoms with E-state index in [0.29, 0.717) is 11.3 Å². The number of amides is 1. The van der Waals surface area contributed by atoms with Gasteiger partial charge in [0.1, 0.15) is 0 Å². The molecule has 1 aromatic rings. The first-order valence-corrected chi connectivity index (χ1v) is 6.34. The number of ether oxygens (including phenoxy) is 2. The molecule has 1 amide bonds. The lowest BCUT2D eigenvalue weighted by Crippen LogP contribution is -2.27. The van der Waals surface area contributed by atoms with Crippen LogP contribution in [0.15, 0.2) is 18.2 Å². The first kappa shape index (κ1) is 14.8. The predicted octanol–water partition coefficient (Wildman–Crippen LogP) is 0.581. The Morgan fingerprint density at radius 1 is 1.29 bits per heavy atom. The van der Waals surface area contributed by atoms with Gasteiger partial charge in [-0.2, -0.15) is 0 Å². The van der Waals surface area contributed by atoms with Gasteiger partial charge in [0.05, 0.1) is 37.1 Å². The molecule has 2 rings (SSSR count). The van der Waals surface area contributed by atoms with Crippen molar-refractivity contribution in [2.24, 2.45) is 5.92 Å². The maximum absolute atomic E-state index is 12.0. The minimum atomic E-state index is -0.506. The monoisotopic (exact) mass is 292 g/mol. The molecule has 1 atom stereocenters. The number of carbonyl (C=O) groups excluding carboxylic acids is 3. The Labute approximate surface area is 121 Å². The third-order valence-electron chi connectivity index (χ3n) is 3.40. The van der Waals surface area contributed by atoms with Crippen LogP contribution in [-0.4, -0.2) is 38.6 Å². The van der Waals surface area contributed by atoms with Crippen LogP contribution in [0.3, 0.4) is 0 Å². The van der Waals surface area contributed by atoms with Crippen LogP contribution in [0.5, 0.6) is 0 Å². The van der Waals surface area contributed by atoms with Crippen LogP contribution in [0.2, 0.25) is 0 Å². The molecule has 112 valence electrons. The van der Waals surface area contributed by atoms with Gasteiger partial charge in [-0.05, 0) is 18.2 Å². The van der Waals surface area contributed by atoms with Crippen molar-refractivity contribution in [1.82, 2.24) is 0 Å². The van der Waals surface area contributed by atoms with E-state index in [2.05, 4.69) is 9.47 Å². The number of nitrogens with two attached hydrogens (primary N) is 1. The molecular formula is C14H16N2O5. The molecule has 0 radical (unpaired) electrons. The highest BCUT2D eigenvalue weighted by Gasteiger charge is 2.36. The summed E-state index contributed by atoms with van der Waals surface area (Å²) in [6.45, 7) is 0.216. The zero-order chi connectivity index (χ0) is 15.6. The summed E-state index contributed by atoms with van der Waals surface area (Å²) >= 11 is 0. The van der Waals surface area contributed by atoms with Gasteiger partial charge in [-0.25, -0.2) is 4.79 Å². The van der Waals surface area contributed by atoms with E-state index >= 15 is 0 Å².